The average Bonchev–Trinajstić information content (AvgIpc) is 2.17. The van der Waals surface area contributed by atoms with Crippen molar-refractivity contribution in [3.63, 3.8) is 0 Å². The summed E-state index contributed by atoms with van der Waals surface area (Å²) in [5.41, 5.74) is 2.90. The van der Waals surface area contributed by atoms with Crippen molar-refractivity contribution in [1.29, 1.82) is 0 Å². The van der Waals surface area contributed by atoms with Crippen molar-refractivity contribution < 1.29 is 0 Å². The van der Waals surface area contributed by atoms with Crippen LogP contribution in [0, 0.1) is 5.92 Å². The third kappa shape index (κ3) is 2.13. The summed E-state index contributed by atoms with van der Waals surface area (Å²) in [5.74, 6) is 0.762. The molecular formula is C12H18N2. The molecule has 2 nitrogen and oxygen atoms in total. The predicted octanol–water partition coefficient (Wildman–Crippen LogP) is 2.10. The molecule has 2 heteroatoms. The highest BCUT2D eigenvalue weighted by atomic mass is 15.1. The van der Waals surface area contributed by atoms with Crippen LogP contribution in [-0.4, -0.2) is 23.0 Å². The van der Waals surface area contributed by atoms with Crippen LogP contribution in [0.2, 0.25) is 0 Å². The van der Waals surface area contributed by atoms with E-state index in [1.807, 2.05) is 12.4 Å². The lowest BCUT2D eigenvalue weighted by Gasteiger charge is -2.29. The molecule has 0 saturated carbocycles. The minimum atomic E-state index is 0.762. The van der Waals surface area contributed by atoms with Crippen molar-refractivity contribution in [2.45, 2.75) is 26.8 Å². The summed E-state index contributed by atoms with van der Waals surface area (Å²) in [6.45, 7) is 8.07. The molecule has 1 aromatic rings. The summed E-state index contributed by atoms with van der Waals surface area (Å²) in [6.07, 6.45) is 5.08. The topological polar surface area (TPSA) is 16.1 Å². The van der Waals surface area contributed by atoms with Crippen molar-refractivity contribution in [3.8, 4) is 0 Å². The van der Waals surface area contributed by atoms with E-state index in [9.17, 15) is 0 Å². The fourth-order valence-electron chi connectivity index (χ4n) is 2.11. The van der Waals surface area contributed by atoms with Gasteiger partial charge in [0.15, 0.2) is 0 Å². The van der Waals surface area contributed by atoms with Gasteiger partial charge < -0.3 is 0 Å². The minimum Gasteiger partial charge on any atom is -0.298 e. The summed E-state index contributed by atoms with van der Waals surface area (Å²) >= 11 is 0. The Hall–Kier alpha value is -0.890. The molecule has 0 atom stereocenters. The van der Waals surface area contributed by atoms with Crippen molar-refractivity contribution in [2.75, 3.05) is 13.1 Å². The smallest absolute Gasteiger partial charge is 0.0303 e. The molecule has 0 spiro atoms. The second-order valence-corrected chi connectivity index (χ2v) is 4.52. The molecule has 1 aliphatic heterocycles. The van der Waals surface area contributed by atoms with Crippen molar-refractivity contribution >= 4 is 0 Å². The molecule has 0 radical (unpaired) electrons. The van der Waals surface area contributed by atoms with Gasteiger partial charge in [-0.05, 0) is 29.5 Å². The largest absolute Gasteiger partial charge is 0.298 e. The lowest BCUT2D eigenvalue weighted by molar-refractivity contribution is 0.226. The maximum Gasteiger partial charge on any atom is 0.0303 e. The molecule has 0 amide bonds. The van der Waals surface area contributed by atoms with Crippen LogP contribution in [-0.2, 0) is 13.0 Å². The fraction of sp³-hybridized carbons (Fsp3) is 0.583. The molecule has 1 aromatic heterocycles. The van der Waals surface area contributed by atoms with E-state index >= 15 is 0 Å². The Kier molecular flexibility index (Phi) is 2.82. The summed E-state index contributed by atoms with van der Waals surface area (Å²) in [4.78, 5) is 6.70. The summed E-state index contributed by atoms with van der Waals surface area (Å²) < 4.78 is 0. The number of nitrogens with zero attached hydrogens (tertiary/aromatic N) is 2. The van der Waals surface area contributed by atoms with Crippen molar-refractivity contribution in [3.05, 3.63) is 29.6 Å². The standard InChI is InChI=1S/C12H18N2/c1-10(2)8-14-6-4-11-7-13-5-3-12(11)9-14/h3,5,7,10H,4,6,8-9H2,1-2H3. The second-order valence-electron chi connectivity index (χ2n) is 4.52. The molecule has 2 heterocycles. The highest BCUT2D eigenvalue weighted by Gasteiger charge is 2.16. The Balaban J connectivity index is 2.06. The first-order chi connectivity index (χ1) is 6.75. The van der Waals surface area contributed by atoms with E-state index in [0.29, 0.717) is 0 Å². The molecule has 0 unspecified atom stereocenters. The molecule has 0 bridgehead atoms. The van der Waals surface area contributed by atoms with Gasteiger partial charge in [0, 0.05) is 32.0 Å². The monoisotopic (exact) mass is 190 g/mol. The number of rotatable bonds is 2. The average molecular weight is 190 g/mol. The molecule has 0 N–H and O–H groups in total. The maximum atomic E-state index is 4.17. The van der Waals surface area contributed by atoms with Crippen LogP contribution in [0.1, 0.15) is 25.0 Å². The highest BCUT2D eigenvalue weighted by Crippen LogP contribution is 2.17. The number of fused-ring (bicyclic) bond motifs is 1. The number of hydrogen-bond acceptors (Lipinski definition) is 2. The van der Waals surface area contributed by atoms with E-state index in [0.717, 1.165) is 18.9 Å². The SMILES string of the molecule is CC(C)CN1CCc2cnccc2C1. The Labute approximate surface area is 86.0 Å². The van der Waals surface area contributed by atoms with E-state index in [1.165, 1.54) is 24.2 Å². The van der Waals surface area contributed by atoms with Gasteiger partial charge in [-0.15, -0.1) is 0 Å². The zero-order valence-electron chi connectivity index (χ0n) is 9.03. The highest BCUT2D eigenvalue weighted by molar-refractivity contribution is 5.25. The number of pyridine rings is 1. The third-order valence-corrected chi connectivity index (χ3v) is 2.72. The summed E-state index contributed by atoms with van der Waals surface area (Å²) in [7, 11) is 0. The number of hydrogen-bond donors (Lipinski definition) is 0. The molecular weight excluding hydrogens is 172 g/mol. The van der Waals surface area contributed by atoms with Crippen LogP contribution >= 0.6 is 0 Å². The van der Waals surface area contributed by atoms with Crippen LogP contribution < -0.4 is 0 Å². The predicted molar refractivity (Wildman–Crippen MR) is 58.1 cm³/mol. The van der Waals surface area contributed by atoms with E-state index in [2.05, 4.69) is 29.8 Å². The van der Waals surface area contributed by atoms with Gasteiger partial charge in [0.05, 0.1) is 0 Å². The Morgan fingerprint density at radius 3 is 3.07 bits per heavy atom. The zero-order chi connectivity index (χ0) is 9.97. The van der Waals surface area contributed by atoms with E-state index in [1.54, 1.807) is 0 Å². The lowest BCUT2D eigenvalue weighted by atomic mass is 10.0. The van der Waals surface area contributed by atoms with Gasteiger partial charge in [0.25, 0.3) is 0 Å². The summed E-state index contributed by atoms with van der Waals surface area (Å²) in [5, 5.41) is 0. The fourth-order valence-corrected chi connectivity index (χ4v) is 2.11. The third-order valence-electron chi connectivity index (χ3n) is 2.72. The van der Waals surface area contributed by atoms with Crippen LogP contribution in [0.25, 0.3) is 0 Å². The van der Waals surface area contributed by atoms with Gasteiger partial charge in [-0.3, -0.25) is 9.88 Å². The molecule has 14 heavy (non-hydrogen) atoms. The van der Waals surface area contributed by atoms with Crippen molar-refractivity contribution in [1.82, 2.24) is 9.88 Å². The molecule has 76 valence electrons. The van der Waals surface area contributed by atoms with Gasteiger partial charge >= 0.3 is 0 Å². The van der Waals surface area contributed by atoms with Crippen LogP contribution in [0.3, 0.4) is 0 Å². The van der Waals surface area contributed by atoms with Crippen LogP contribution in [0.15, 0.2) is 18.5 Å². The van der Waals surface area contributed by atoms with E-state index in [-0.39, 0.29) is 0 Å². The number of aromatic nitrogens is 1. The van der Waals surface area contributed by atoms with Crippen LogP contribution in [0.5, 0.6) is 0 Å². The minimum absolute atomic E-state index is 0.762. The molecule has 2 rings (SSSR count). The Bertz CT molecular complexity index is 307. The van der Waals surface area contributed by atoms with Gasteiger partial charge in [-0.1, -0.05) is 13.8 Å². The van der Waals surface area contributed by atoms with Gasteiger partial charge in [-0.25, -0.2) is 0 Å². The molecule has 0 aromatic carbocycles. The zero-order valence-corrected chi connectivity index (χ0v) is 9.03. The quantitative estimate of drug-likeness (QED) is 0.710. The van der Waals surface area contributed by atoms with Crippen LogP contribution in [0.4, 0.5) is 0 Å². The first-order valence-electron chi connectivity index (χ1n) is 5.40. The molecule has 0 fully saturated rings. The van der Waals surface area contributed by atoms with Gasteiger partial charge in [-0.2, -0.15) is 0 Å². The lowest BCUT2D eigenvalue weighted by Crippen LogP contribution is -2.33. The maximum absolute atomic E-state index is 4.17. The Morgan fingerprint density at radius 1 is 1.43 bits per heavy atom. The molecule has 0 saturated heterocycles. The van der Waals surface area contributed by atoms with Crippen molar-refractivity contribution in [2.24, 2.45) is 5.92 Å². The first-order valence-corrected chi connectivity index (χ1v) is 5.40. The normalized spacial score (nSPS) is 17.1. The van der Waals surface area contributed by atoms with Gasteiger partial charge in [0.1, 0.15) is 0 Å². The first kappa shape index (κ1) is 9.66. The molecule has 0 aliphatic carbocycles. The molecule has 1 aliphatic rings. The second kappa shape index (κ2) is 4.09. The van der Waals surface area contributed by atoms with E-state index in [4.69, 9.17) is 0 Å². The summed E-state index contributed by atoms with van der Waals surface area (Å²) in [6, 6.07) is 2.15. The Morgan fingerprint density at radius 2 is 2.29 bits per heavy atom. The van der Waals surface area contributed by atoms with Gasteiger partial charge in [0.2, 0.25) is 0 Å². The van der Waals surface area contributed by atoms with E-state index < -0.39 is 0 Å².